The van der Waals surface area contributed by atoms with Gasteiger partial charge in [0.05, 0.1) is 0 Å². The van der Waals surface area contributed by atoms with Crippen LogP contribution in [0.1, 0.15) is 34.3 Å². The van der Waals surface area contributed by atoms with E-state index in [9.17, 15) is 4.79 Å². The zero-order chi connectivity index (χ0) is 14.7. The van der Waals surface area contributed by atoms with Gasteiger partial charge in [0, 0.05) is 24.3 Å². The van der Waals surface area contributed by atoms with E-state index in [1.807, 2.05) is 53.4 Å². The first kappa shape index (κ1) is 13.7. The van der Waals surface area contributed by atoms with Crippen LogP contribution in [0.5, 0.6) is 0 Å². The fourth-order valence-corrected chi connectivity index (χ4v) is 2.74. The highest BCUT2D eigenvalue weighted by Crippen LogP contribution is 2.16. The summed E-state index contributed by atoms with van der Waals surface area (Å²) in [7, 11) is 0. The Hall–Kier alpha value is -2.29. The summed E-state index contributed by atoms with van der Waals surface area (Å²) in [5, 5.41) is 0. The monoisotopic (exact) mass is 280 g/mol. The Morgan fingerprint density at radius 1 is 0.905 bits per heavy atom. The number of nitrogen functional groups attached to an aromatic ring is 1. The topological polar surface area (TPSA) is 46.3 Å². The third kappa shape index (κ3) is 3.24. The van der Waals surface area contributed by atoms with Crippen LogP contribution in [0.15, 0.2) is 48.5 Å². The molecule has 0 radical (unpaired) electrons. The molecule has 0 atom stereocenters. The maximum atomic E-state index is 12.3. The number of nitrogens with zero attached hydrogens (tertiary/aromatic N) is 1. The van der Waals surface area contributed by atoms with Crippen LogP contribution in [0.2, 0.25) is 0 Å². The second-order valence-electron chi connectivity index (χ2n) is 5.61. The molecule has 3 rings (SSSR count). The molecule has 21 heavy (non-hydrogen) atoms. The largest absolute Gasteiger partial charge is 0.399 e. The summed E-state index contributed by atoms with van der Waals surface area (Å²) < 4.78 is 0. The van der Waals surface area contributed by atoms with E-state index in [-0.39, 0.29) is 5.91 Å². The first-order valence-electron chi connectivity index (χ1n) is 7.45. The van der Waals surface area contributed by atoms with Crippen molar-refractivity contribution in [3.63, 3.8) is 0 Å². The van der Waals surface area contributed by atoms with Crippen molar-refractivity contribution in [1.29, 1.82) is 0 Å². The first-order valence-corrected chi connectivity index (χ1v) is 7.45. The van der Waals surface area contributed by atoms with Crippen molar-refractivity contribution in [3.8, 4) is 0 Å². The number of nitrogens with two attached hydrogens (primary N) is 1. The third-order valence-electron chi connectivity index (χ3n) is 3.98. The van der Waals surface area contributed by atoms with Crippen LogP contribution in [0, 0.1) is 0 Å². The van der Waals surface area contributed by atoms with Crippen LogP contribution in [0.25, 0.3) is 0 Å². The number of benzene rings is 2. The summed E-state index contributed by atoms with van der Waals surface area (Å²) in [5.74, 6) is 0.159. The van der Waals surface area contributed by atoms with Crippen LogP contribution >= 0.6 is 0 Å². The van der Waals surface area contributed by atoms with Gasteiger partial charge in [-0.1, -0.05) is 24.3 Å². The number of hydrogen-bond donors (Lipinski definition) is 1. The average molecular weight is 280 g/mol. The van der Waals surface area contributed by atoms with E-state index in [1.165, 1.54) is 11.1 Å². The van der Waals surface area contributed by atoms with Crippen LogP contribution in [0.4, 0.5) is 5.69 Å². The molecule has 0 spiro atoms. The second-order valence-corrected chi connectivity index (χ2v) is 5.61. The van der Waals surface area contributed by atoms with E-state index in [1.54, 1.807) is 0 Å². The maximum Gasteiger partial charge on any atom is 0.253 e. The van der Waals surface area contributed by atoms with Crippen molar-refractivity contribution in [1.82, 2.24) is 4.90 Å². The van der Waals surface area contributed by atoms with E-state index in [4.69, 9.17) is 5.73 Å². The molecule has 3 heteroatoms. The van der Waals surface area contributed by atoms with E-state index in [0.717, 1.165) is 43.6 Å². The zero-order valence-electron chi connectivity index (χ0n) is 12.1. The van der Waals surface area contributed by atoms with Gasteiger partial charge in [-0.05, 0) is 54.7 Å². The molecule has 2 N–H and O–H groups in total. The summed E-state index contributed by atoms with van der Waals surface area (Å²) in [5.41, 5.74) is 9.69. The highest BCUT2D eigenvalue weighted by molar-refractivity contribution is 5.94. The molecular weight excluding hydrogens is 260 g/mol. The standard InChI is InChI=1S/C18H20N2O/c19-17-9-5-15(6-10-17)13-14-3-7-16(8-4-14)18(21)20-11-1-2-12-20/h3-10H,1-2,11-13,19H2. The second kappa shape index (κ2) is 6.00. The summed E-state index contributed by atoms with van der Waals surface area (Å²) in [6.45, 7) is 1.79. The molecule has 1 aliphatic rings. The van der Waals surface area contributed by atoms with E-state index < -0.39 is 0 Å². The normalized spacial score (nSPS) is 14.4. The van der Waals surface area contributed by atoms with Gasteiger partial charge < -0.3 is 10.6 Å². The molecular formula is C18H20N2O. The Labute approximate surface area is 125 Å². The van der Waals surface area contributed by atoms with E-state index in [0.29, 0.717) is 0 Å². The zero-order valence-corrected chi connectivity index (χ0v) is 12.1. The van der Waals surface area contributed by atoms with Crippen molar-refractivity contribution < 1.29 is 4.79 Å². The number of likely N-dealkylation sites (tertiary alicyclic amines) is 1. The molecule has 0 unspecified atom stereocenters. The number of hydrogen-bond acceptors (Lipinski definition) is 2. The molecule has 1 amide bonds. The lowest BCUT2D eigenvalue weighted by Crippen LogP contribution is -2.27. The van der Waals surface area contributed by atoms with Crippen LogP contribution in [-0.2, 0) is 6.42 Å². The average Bonchev–Trinajstić information content (AvgIpc) is 3.04. The molecule has 0 aliphatic carbocycles. The van der Waals surface area contributed by atoms with Gasteiger partial charge in [-0.25, -0.2) is 0 Å². The molecule has 2 aromatic carbocycles. The highest BCUT2D eigenvalue weighted by atomic mass is 16.2. The number of amides is 1. The molecule has 0 bridgehead atoms. The van der Waals surface area contributed by atoms with Crippen LogP contribution in [0.3, 0.4) is 0 Å². The number of anilines is 1. The molecule has 1 aliphatic heterocycles. The molecule has 0 aromatic heterocycles. The lowest BCUT2D eigenvalue weighted by molar-refractivity contribution is 0.0793. The molecule has 1 saturated heterocycles. The minimum absolute atomic E-state index is 0.159. The van der Waals surface area contributed by atoms with Crippen LogP contribution in [-0.4, -0.2) is 23.9 Å². The molecule has 108 valence electrons. The summed E-state index contributed by atoms with van der Waals surface area (Å²) in [6, 6.07) is 15.9. The van der Waals surface area contributed by atoms with Gasteiger partial charge >= 0.3 is 0 Å². The van der Waals surface area contributed by atoms with Gasteiger partial charge in [0.2, 0.25) is 0 Å². The van der Waals surface area contributed by atoms with Crippen molar-refractivity contribution in [3.05, 3.63) is 65.2 Å². The fourth-order valence-electron chi connectivity index (χ4n) is 2.74. The van der Waals surface area contributed by atoms with Gasteiger partial charge in [0.25, 0.3) is 5.91 Å². The maximum absolute atomic E-state index is 12.3. The van der Waals surface area contributed by atoms with Crippen molar-refractivity contribution in [2.24, 2.45) is 0 Å². The Morgan fingerprint density at radius 2 is 1.43 bits per heavy atom. The highest BCUT2D eigenvalue weighted by Gasteiger charge is 2.18. The molecule has 1 heterocycles. The minimum Gasteiger partial charge on any atom is -0.399 e. The van der Waals surface area contributed by atoms with Crippen molar-refractivity contribution in [2.75, 3.05) is 18.8 Å². The number of carbonyl (C=O) groups excluding carboxylic acids is 1. The van der Waals surface area contributed by atoms with Gasteiger partial charge in [-0.3, -0.25) is 4.79 Å². The SMILES string of the molecule is Nc1ccc(Cc2ccc(C(=O)N3CCCC3)cc2)cc1. The Morgan fingerprint density at radius 3 is 2.00 bits per heavy atom. The minimum atomic E-state index is 0.159. The summed E-state index contributed by atoms with van der Waals surface area (Å²) in [4.78, 5) is 14.2. The van der Waals surface area contributed by atoms with E-state index >= 15 is 0 Å². The Balaban J connectivity index is 1.68. The molecule has 1 fully saturated rings. The molecule has 0 saturated carbocycles. The Bertz CT molecular complexity index is 611. The fraction of sp³-hybridized carbons (Fsp3) is 0.278. The molecule has 2 aromatic rings. The quantitative estimate of drug-likeness (QED) is 0.878. The number of rotatable bonds is 3. The van der Waals surface area contributed by atoms with Crippen LogP contribution < -0.4 is 5.73 Å². The summed E-state index contributed by atoms with van der Waals surface area (Å²) in [6.07, 6.45) is 3.11. The van der Waals surface area contributed by atoms with Gasteiger partial charge in [0.15, 0.2) is 0 Å². The summed E-state index contributed by atoms with van der Waals surface area (Å²) >= 11 is 0. The van der Waals surface area contributed by atoms with Crippen molar-refractivity contribution >= 4 is 11.6 Å². The van der Waals surface area contributed by atoms with Gasteiger partial charge in [-0.15, -0.1) is 0 Å². The van der Waals surface area contributed by atoms with Crippen molar-refractivity contribution in [2.45, 2.75) is 19.3 Å². The van der Waals surface area contributed by atoms with Gasteiger partial charge in [0.1, 0.15) is 0 Å². The van der Waals surface area contributed by atoms with E-state index in [2.05, 4.69) is 0 Å². The first-order chi connectivity index (χ1) is 10.2. The lowest BCUT2D eigenvalue weighted by atomic mass is 10.0. The third-order valence-corrected chi connectivity index (χ3v) is 3.98. The van der Waals surface area contributed by atoms with Gasteiger partial charge in [-0.2, -0.15) is 0 Å². The lowest BCUT2D eigenvalue weighted by Gasteiger charge is -2.15. The number of carbonyl (C=O) groups is 1. The Kier molecular flexibility index (Phi) is 3.91. The molecule has 3 nitrogen and oxygen atoms in total. The predicted octanol–water partition coefficient (Wildman–Crippen LogP) is 3.10. The smallest absolute Gasteiger partial charge is 0.253 e. The predicted molar refractivity (Wildman–Crippen MR) is 85.2 cm³/mol.